The third-order valence-electron chi connectivity index (χ3n) is 4.34. The first-order chi connectivity index (χ1) is 12.5. The largest absolute Gasteiger partial charge is 0.467 e. The van der Waals surface area contributed by atoms with Crippen LogP contribution < -0.4 is 0 Å². The number of thiophene rings is 1. The van der Waals surface area contributed by atoms with E-state index in [1.165, 1.54) is 15.6 Å². The van der Waals surface area contributed by atoms with Crippen LogP contribution in [0.3, 0.4) is 0 Å². The van der Waals surface area contributed by atoms with Gasteiger partial charge in [0.2, 0.25) is 5.91 Å². The Kier molecular flexibility index (Phi) is 5.81. The van der Waals surface area contributed by atoms with Gasteiger partial charge in [0.15, 0.2) is 0 Å². The van der Waals surface area contributed by atoms with Gasteiger partial charge >= 0.3 is 0 Å². The molecule has 2 aromatic rings. The third kappa shape index (κ3) is 4.01. The molecular weight excluding hydrogens is 372 g/mol. The summed E-state index contributed by atoms with van der Waals surface area (Å²) < 4.78 is 32.5. The van der Waals surface area contributed by atoms with Crippen molar-refractivity contribution in [3.05, 3.63) is 41.7 Å². The quantitative estimate of drug-likeness (QED) is 0.708. The Morgan fingerprint density at radius 2 is 2.27 bits per heavy atom. The third-order valence-corrected chi connectivity index (χ3v) is 7.58. The standard InChI is InChI=1S/C18H20N2O4S2/c1-2-9-19(14-16-7-4-11-24-16)18(21)15-6-3-10-20(13-15)26(22,23)17-8-5-12-25-17/h1,4-5,7-8,11-12,15H,3,6,9-10,13-14H2. The molecule has 1 aliphatic heterocycles. The number of furan rings is 1. The van der Waals surface area contributed by atoms with Crippen LogP contribution >= 0.6 is 11.3 Å². The lowest BCUT2D eigenvalue weighted by molar-refractivity contribution is -0.136. The molecule has 6 nitrogen and oxygen atoms in total. The van der Waals surface area contributed by atoms with Gasteiger partial charge in [-0.3, -0.25) is 4.79 Å². The second-order valence-electron chi connectivity index (χ2n) is 6.11. The fraction of sp³-hybridized carbons (Fsp3) is 0.389. The summed E-state index contributed by atoms with van der Waals surface area (Å²) in [5.41, 5.74) is 0. The highest BCUT2D eigenvalue weighted by molar-refractivity contribution is 7.91. The Hall–Kier alpha value is -2.08. The van der Waals surface area contributed by atoms with E-state index in [0.717, 1.165) is 0 Å². The molecule has 1 amide bonds. The van der Waals surface area contributed by atoms with E-state index in [9.17, 15) is 13.2 Å². The van der Waals surface area contributed by atoms with Crippen molar-refractivity contribution in [2.75, 3.05) is 19.6 Å². The Bertz CT molecular complexity index is 867. The summed E-state index contributed by atoms with van der Waals surface area (Å²) in [7, 11) is -3.55. The topological polar surface area (TPSA) is 70.8 Å². The van der Waals surface area contributed by atoms with E-state index in [2.05, 4.69) is 5.92 Å². The van der Waals surface area contributed by atoms with Gasteiger partial charge in [-0.15, -0.1) is 17.8 Å². The lowest BCUT2D eigenvalue weighted by Gasteiger charge is -2.33. The van der Waals surface area contributed by atoms with Crippen LogP contribution in [0.1, 0.15) is 18.6 Å². The summed E-state index contributed by atoms with van der Waals surface area (Å²) >= 11 is 1.19. The summed E-state index contributed by atoms with van der Waals surface area (Å²) in [6.45, 7) is 1.05. The highest BCUT2D eigenvalue weighted by Crippen LogP contribution is 2.27. The molecule has 2 aromatic heterocycles. The van der Waals surface area contributed by atoms with E-state index in [1.54, 1.807) is 40.8 Å². The summed E-state index contributed by atoms with van der Waals surface area (Å²) in [5.74, 6) is 2.61. The lowest BCUT2D eigenvalue weighted by Crippen LogP contribution is -2.46. The maximum atomic E-state index is 12.9. The minimum atomic E-state index is -3.55. The summed E-state index contributed by atoms with van der Waals surface area (Å²) in [5, 5.41) is 1.73. The van der Waals surface area contributed by atoms with Gasteiger partial charge in [0.05, 0.1) is 25.3 Å². The predicted molar refractivity (Wildman–Crippen MR) is 98.8 cm³/mol. The zero-order valence-electron chi connectivity index (χ0n) is 14.2. The van der Waals surface area contributed by atoms with E-state index in [-0.39, 0.29) is 25.5 Å². The first kappa shape index (κ1) is 18.7. The maximum Gasteiger partial charge on any atom is 0.252 e. The number of carbonyl (C=O) groups is 1. The Morgan fingerprint density at radius 1 is 1.42 bits per heavy atom. The Morgan fingerprint density at radius 3 is 2.92 bits per heavy atom. The van der Waals surface area contributed by atoms with Crippen LogP contribution in [-0.2, 0) is 21.4 Å². The van der Waals surface area contributed by atoms with Crippen molar-refractivity contribution in [1.29, 1.82) is 0 Å². The number of carbonyl (C=O) groups excluding carboxylic acids is 1. The van der Waals surface area contributed by atoms with Crippen LogP contribution in [0.15, 0.2) is 44.5 Å². The monoisotopic (exact) mass is 392 g/mol. The van der Waals surface area contributed by atoms with Crippen LogP contribution in [0.5, 0.6) is 0 Å². The Balaban J connectivity index is 1.73. The highest BCUT2D eigenvalue weighted by atomic mass is 32.2. The van der Waals surface area contributed by atoms with Crippen LogP contribution in [0.2, 0.25) is 0 Å². The molecule has 1 unspecified atom stereocenters. The molecular formula is C18H20N2O4S2. The second-order valence-corrected chi connectivity index (χ2v) is 9.22. The van der Waals surface area contributed by atoms with E-state index >= 15 is 0 Å². The molecule has 26 heavy (non-hydrogen) atoms. The molecule has 3 heterocycles. The molecule has 1 aliphatic rings. The fourth-order valence-electron chi connectivity index (χ4n) is 3.07. The molecule has 1 saturated heterocycles. The molecule has 0 N–H and O–H groups in total. The minimum Gasteiger partial charge on any atom is -0.467 e. The van der Waals surface area contributed by atoms with Crippen molar-refractivity contribution in [3.63, 3.8) is 0 Å². The fourth-order valence-corrected chi connectivity index (χ4v) is 5.74. The number of amides is 1. The number of piperidine rings is 1. The molecule has 0 saturated carbocycles. The summed E-state index contributed by atoms with van der Waals surface area (Å²) in [6.07, 6.45) is 8.24. The van der Waals surface area contributed by atoms with Gasteiger partial charge in [0.1, 0.15) is 9.97 Å². The van der Waals surface area contributed by atoms with Crippen LogP contribution in [0.4, 0.5) is 0 Å². The first-order valence-electron chi connectivity index (χ1n) is 8.30. The number of nitrogens with zero attached hydrogens (tertiary/aromatic N) is 2. The number of rotatable bonds is 6. The molecule has 0 spiro atoms. The van der Waals surface area contributed by atoms with Crippen LogP contribution in [-0.4, -0.2) is 43.2 Å². The average Bonchev–Trinajstić information content (AvgIpc) is 3.35. The highest BCUT2D eigenvalue weighted by Gasteiger charge is 2.35. The van der Waals surface area contributed by atoms with Gasteiger partial charge < -0.3 is 9.32 Å². The smallest absolute Gasteiger partial charge is 0.252 e. The van der Waals surface area contributed by atoms with E-state index in [0.29, 0.717) is 29.4 Å². The maximum absolute atomic E-state index is 12.9. The zero-order valence-corrected chi connectivity index (χ0v) is 15.8. The second kappa shape index (κ2) is 8.08. The summed E-state index contributed by atoms with van der Waals surface area (Å²) in [4.78, 5) is 14.5. The molecule has 1 atom stereocenters. The van der Waals surface area contributed by atoms with Gasteiger partial charge in [0.25, 0.3) is 10.0 Å². The first-order valence-corrected chi connectivity index (χ1v) is 10.6. The number of sulfonamides is 1. The van der Waals surface area contributed by atoms with Crippen molar-refractivity contribution in [2.24, 2.45) is 5.92 Å². The molecule has 3 rings (SSSR count). The van der Waals surface area contributed by atoms with E-state index < -0.39 is 15.9 Å². The molecule has 138 valence electrons. The molecule has 0 aromatic carbocycles. The molecule has 1 fully saturated rings. The molecule has 0 aliphatic carbocycles. The van der Waals surface area contributed by atoms with E-state index in [4.69, 9.17) is 10.8 Å². The summed E-state index contributed by atoms with van der Waals surface area (Å²) in [6, 6.07) is 6.84. The van der Waals surface area contributed by atoms with Crippen LogP contribution in [0.25, 0.3) is 0 Å². The molecule has 0 bridgehead atoms. The van der Waals surface area contributed by atoms with Gasteiger partial charge in [0, 0.05) is 13.1 Å². The normalized spacial score (nSPS) is 18.3. The van der Waals surface area contributed by atoms with Crippen molar-refractivity contribution in [1.82, 2.24) is 9.21 Å². The van der Waals surface area contributed by atoms with Gasteiger partial charge in [-0.2, -0.15) is 4.31 Å². The number of hydrogen-bond donors (Lipinski definition) is 0. The average molecular weight is 393 g/mol. The van der Waals surface area contributed by atoms with Gasteiger partial charge in [-0.1, -0.05) is 12.0 Å². The SMILES string of the molecule is C#CCN(Cc1ccco1)C(=O)C1CCCN(S(=O)(=O)c2cccs2)C1. The van der Waals surface area contributed by atoms with Crippen molar-refractivity contribution < 1.29 is 17.6 Å². The van der Waals surface area contributed by atoms with Crippen molar-refractivity contribution in [3.8, 4) is 12.3 Å². The predicted octanol–water partition coefficient (Wildman–Crippen LogP) is 2.40. The molecule has 8 heteroatoms. The van der Waals surface area contributed by atoms with Crippen molar-refractivity contribution in [2.45, 2.75) is 23.6 Å². The minimum absolute atomic E-state index is 0.134. The van der Waals surface area contributed by atoms with Gasteiger partial charge in [-0.05, 0) is 36.4 Å². The Labute approximate surface area is 157 Å². The number of terminal acetylenes is 1. The lowest BCUT2D eigenvalue weighted by atomic mass is 9.98. The zero-order chi connectivity index (χ0) is 18.6. The van der Waals surface area contributed by atoms with Crippen LogP contribution in [0, 0.1) is 18.3 Å². The number of hydrogen-bond acceptors (Lipinski definition) is 5. The van der Waals surface area contributed by atoms with Crippen molar-refractivity contribution >= 4 is 27.3 Å². The van der Waals surface area contributed by atoms with Gasteiger partial charge in [-0.25, -0.2) is 8.42 Å². The molecule has 0 radical (unpaired) electrons. The van der Waals surface area contributed by atoms with E-state index in [1.807, 2.05) is 0 Å².